The molecule has 1 aromatic carbocycles. The molecule has 0 radical (unpaired) electrons. The number of unbranched alkanes of at least 4 members (excludes halogenated alkanes) is 8. The summed E-state index contributed by atoms with van der Waals surface area (Å²) in [4.78, 5) is 4.74. The second kappa shape index (κ2) is 16.1. The Balaban J connectivity index is 1.32. The van der Waals surface area contributed by atoms with Gasteiger partial charge >= 0.3 is 0 Å². The lowest BCUT2D eigenvalue weighted by molar-refractivity contribution is 0.248. The number of pyridine rings is 1. The number of hydrogen-bond donors (Lipinski definition) is 0. The maximum atomic E-state index is 4.74. The van der Waals surface area contributed by atoms with Crippen LogP contribution in [-0.2, 0) is 12.8 Å². The van der Waals surface area contributed by atoms with E-state index < -0.39 is 0 Å². The monoisotopic (exact) mass is 461 g/mol. The number of hydrogen-bond acceptors (Lipinski definition) is 1. The van der Waals surface area contributed by atoms with Gasteiger partial charge in [0.25, 0.3) is 0 Å². The predicted molar refractivity (Wildman–Crippen MR) is 149 cm³/mol. The maximum absolute atomic E-state index is 4.74. The van der Waals surface area contributed by atoms with Crippen molar-refractivity contribution in [3.05, 3.63) is 53.7 Å². The Morgan fingerprint density at radius 3 is 1.82 bits per heavy atom. The summed E-state index contributed by atoms with van der Waals surface area (Å²) in [5, 5.41) is 0. The fourth-order valence-electron chi connectivity index (χ4n) is 5.73. The highest BCUT2D eigenvalue weighted by Gasteiger charge is 2.20. The summed E-state index contributed by atoms with van der Waals surface area (Å²) in [7, 11) is 0. The lowest BCUT2D eigenvalue weighted by Gasteiger charge is -2.28. The van der Waals surface area contributed by atoms with Crippen LogP contribution in [0.25, 0.3) is 11.3 Å². The van der Waals surface area contributed by atoms with Gasteiger partial charge in [0.15, 0.2) is 0 Å². The number of rotatable bonds is 16. The predicted octanol–water partition coefficient (Wildman–Crippen LogP) is 10.4. The van der Waals surface area contributed by atoms with Gasteiger partial charge in [0, 0.05) is 11.8 Å². The van der Waals surface area contributed by atoms with E-state index in [0.29, 0.717) is 0 Å². The molecule has 3 rings (SSSR count). The average Bonchev–Trinajstić information content (AvgIpc) is 2.89. The standard InChI is InChI=1S/C33H51N/c1-3-5-7-9-10-12-13-28-15-17-29(18-16-28)19-20-30-21-24-32(25-22-30)33-26-23-31(27-34-33)14-11-8-6-4-2/h21-29H,3-20H2,1-2H3. The summed E-state index contributed by atoms with van der Waals surface area (Å²) in [6.07, 6.45) is 27.1. The van der Waals surface area contributed by atoms with Crippen LogP contribution in [0.2, 0.25) is 0 Å². The van der Waals surface area contributed by atoms with Crippen molar-refractivity contribution in [3.63, 3.8) is 0 Å². The van der Waals surface area contributed by atoms with E-state index >= 15 is 0 Å². The molecule has 0 atom stereocenters. The third-order valence-corrected chi connectivity index (χ3v) is 8.17. The van der Waals surface area contributed by atoms with E-state index in [4.69, 9.17) is 4.98 Å². The molecule has 0 spiro atoms. The minimum atomic E-state index is 0.951. The van der Waals surface area contributed by atoms with Crippen LogP contribution in [-0.4, -0.2) is 4.98 Å². The van der Waals surface area contributed by atoms with Crippen molar-refractivity contribution in [3.8, 4) is 11.3 Å². The fraction of sp³-hybridized carbons (Fsp3) is 0.667. The van der Waals surface area contributed by atoms with Crippen LogP contribution in [0.15, 0.2) is 42.6 Å². The Labute approximate surface area is 211 Å². The third-order valence-electron chi connectivity index (χ3n) is 8.17. The molecule has 1 aromatic heterocycles. The lowest BCUT2D eigenvalue weighted by Crippen LogP contribution is -2.15. The molecule has 1 heteroatoms. The van der Waals surface area contributed by atoms with E-state index in [-0.39, 0.29) is 0 Å². The van der Waals surface area contributed by atoms with Gasteiger partial charge in [-0.25, -0.2) is 0 Å². The van der Waals surface area contributed by atoms with Crippen LogP contribution in [0.4, 0.5) is 0 Å². The van der Waals surface area contributed by atoms with E-state index in [1.54, 1.807) is 0 Å². The smallest absolute Gasteiger partial charge is 0.0702 e. The zero-order valence-corrected chi connectivity index (χ0v) is 22.4. The van der Waals surface area contributed by atoms with Crippen molar-refractivity contribution in [2.75, 3.05) is 0 Å². The van der Waals surface area contributed by atoms with Gasteiger partial charge in [-0.2, -0.15) is 0 Å². The summed E-state index contributed by atoms with van der Waals surface area (Å²) in [5.41, 5.74) is 5.22. The van der Waals surface area contributed by atoms with Crippen LogP contribution in [0.5, 0.6) is 0 Å². The molecule has 1 fully saturated rings. The first-order valence-corrected chi connectivity index (χ1v) is 14.8. The molecule has 34 heavy (non-hydrogen) atoms. The molecule has 0 amide bonds. The van der Waals surface area contributed by atoms with Gasteiger partial charge < -0.3 is 0 Å². The summed E-state index contributed by atoms with van der Waals surface area (Å²) in [6, 6.07) is 13.7. The molecular weight excluding hydrogens is 410 g/mol. The molecular formula is C33H51N. The minimum Gasteiger partial charge on any atom is -0.256 e. The number of aromatic nitrogens is 1. The van der Waals surface area contributed by atoms with Crippen molar-refractivity contribution in [1.29, 1.82) is 0 Å². The largest absolute Gasteiger partial charge is 0.256 e. The molecule has 0 saturated heterocycles. The minimum absolute atomic E-state index is 0.951. The van der Waals surface area contributed by atoms with E-state index in [2.05, 4.69) is 56.4 Å². The second-order valence-electron chi connectivity index (χ2n) is 11.0. The summed E-state index contributed by atoms with van der Waals surface area (Å²) in [6.45, 7) is 4.57. The van der Waals surface area contributed by atoms with Crippen LogP contribution in [0, 0.1) is 11.8 Å². The van der Waals surface area contributed by atoms with Gasteiger partial charge in [-0.15, -0.1) is 0 Å². The summed E-state index contributed by atoms with van der Waals surface area (Å²) < 4.78 is 0. The molecule has 1 aliphatic rings. The second-order valence-corrected chi connectivity index (χ2v) is 11.0. The van der Waals surface area contributed by atoms with Crippen LogP contribution >= 0.6 is 0 Å². The molecule has 1 aliphatic carbocycles. The molecule has 0 unspecified atom stereocenters. The Bertz CT molecular complexity index is 752. The lowest BCUT2D eigenvalue weighted by atomic mass is 9.77. The first-order chi connectivity index (χ1) is 16.8. The fourth-order valence-corrected chi connectivity index (χ4v) is 5.73. The Hall–Kier alpha value is -1.63. The van der Waals surface area contributed by atoms with Gasteiger partial charge in [-0.05, 0) is 54.7 Å². The number of nitrogens with zero attached hydrogens (tertiary/aromatic N) is 1. The van der Waals surface area contributed by atoms with E-state index in [1.807, 2.05) is 0 Å². The number of benzene rings is 1. The SMILES string of the molecule is CCCCCCCCC1CCC(CCc2ccc(-c3ccc(CCCCCC)cn3)cc2)CC1. The average molecular weight is 462 g/mol. The Morgan fingerprint density at radius 2 is 1.18 bits per heavy atom. The maximum Gasteiger partial charge on any atom is 0.0702 e. The van der Waals surface area contributed by atoms with E-state index in [9.17, 15) is 0 Å². The molecule has 0 N–H and O–H groups in total. The highest BCUT2D eigenvalue weighted by atomic mass is 14.7. The van der Waals surface area contributed by atoms with Gasteiger partial charge in [-0.1, -0.05) is 134 Å². The zero-order valence-electron chi connectivity index (χ0n) is 22.4. The molecule has 1 heterocycles. The highest BCUT2D eigenvalue weighted by Crippen LogP contribution is 2.34. The quantitative estimate of drug-likeness (QED) is 0.226. The normalized spacial score (nSPS) is 18.3. The van der Waals surface area contributed by atoms with Crippen molar-refractivity contribution in [2.24, 2.45) is 11.8 Å². The molecule has 2 aromatic rings. The van der Waals surface area contributed by atoms with E-state index in [0.717, 1.165) is 24.0 Å². The van der Waals surface area contributed by atoms with Crippen LogP contribution in [0.1, 0.15) is 128 Å². The molecule has 1 saturated carbocycles. The Morgan fingerprint density at radius 1 is 0.588 bits per heavy atom. The summed E-state index contributed by atoms with van der Waals surface area (Å²) in [5.74, 6) is 1.98. The molecule has 0 bridgehead atoms. The van der Waals surface area contributed by atoms with Crippen molar-refractivity contribution < 1.29 is 0 Å². The van der Waals surface area contributed by atoms with Crippen molar-refractivity contribution >= 4 is 0 Å². The van der Waals surface area contributed by atoms with Crippen LogP contribution in [0.3, 0.4) is 0 Å². The third kappa shape index (κ3) is 9.93. The first-order valence-electron chi connectivity index (χ1n) is 14.8. The van der Waals surface area contributed by atoms with Gasteiger partial charge in [0.1, 0.15) is 0 Å². The highest BCUT2D eigenvalue weighted by molar-refractivity contribution is 5.59. The Kier molecular flexibility index (Phi) is 12.8. The van der Waals surface area contributed by atoms with Gasteiger partial charge in [-0.3, -0.25) is 4.98 Å². The van der Waals surface area contributed by atoms with Gasteiger partial charge in [0.05, 0.1) is 5.69 Å². The van der Waals surface area contributed by atoms with Gasteiger partial charge in [0.2, 0.25) is 0 Å². The van der Waals surface area contributed by atoms with Crippen molar-refractivity contribution in [1.82, 2.24) is 4.98 Å². The summed E-state index contributed by atoms with van der Waals surface area (Å²) >= 11 is 0. The zero-order chi connectivity index (χ0) is 23.8. The topological polar surface area (TPSA) is 12.9 Å². The van der Waals surface area contributed by atoms with Crippen LogP contribution < -0.4 is 0 Å². The molecule has 0 aliphatic heterocycles. The van der Waals surface area contributed by atoms with E-state index in [1.165, 1.54) is 126 Å². The molecule has 1 nitrogen and oxygen atoms in total. The first kappa shape index (κ1) is 27.0. The van der Waals surface area contributed by atoms with Crippen molar-refractivity contribution in [2.45, 2.75) is 129 Å². The number of aryl methyl sites for hydroxylation is 2. The molecule has 188 valence electrons.